The molecule has 37 heavy (non-hydrogen) atoms. The largest absolute Gasteiger partial charge is 0.507 e. The lowest BCUT2D eigenvalue weighted by molar-refractivity contribution is -0.132. The zero-order valence-corrected chi connectivity index (χ0v) is 22.2. The van der Waals surface area contributed by atoms with Crippen LogP contribution in [0.15, 0.2) is 66.2 Å². The number of amides is 1. The summed E-state index contributed by atoms with van der Waals surface area (Å²) in [5, 5.41) is 11.8. The van der Waals surface area contributed by atoms with Crippen molar-refractivity contribution >= 4 is 44.1 Å². The van der Waals surface area contributed by atoms with Crippen LogP contribution in [0.25, 0.3) is 16.0 Å². The molecule has 4 aromatic rings. The lowest BCUT2D eigenvalue weighted by Gasteiger charge is -2.23. The van der Waals surface area contributed by atoms with Crippen molar-refractivity contribution in [1.29, 1.82) is 0 Å². The number of fused-ring (bicyclic) bond motifs is 1. The van der Waals surface area contributed by atoms with E-state index in [2.05, 4.69) is 13.8 Å². The third-order valence-corrected chi connectivity index (χ3v) is 7.73. The number of ether oxygens (including phenoxy) is 1. The maximum Gasteiger partial charge on any atom is 0.301 e. The summed E-state index contributed by atoms with van der Waals surface area (Å²) in [6.45, 7) is 8.21. The minimum absolute atomic E-state index is 0.0303. The van der Waals surface area contributed by atoms with E-state index in [1.54, 1.807) is 24.3 Å². The topological polar surface area (TPSA) is 79.7 Å². The summed E-state index contributed by atoms with van der Waals surface area (Å²) in [5.74, 6) is -0.840. The average Bonchev–Trinajstić information content (AvgIpc) is 3.42. The first-order valence-electron chi connectivity index (χ1n) is 12.1. The van der Waals surface area contributed by atoms with E-state index in [0.29, 0.717) is 22.4 Å². The van der Waals surface area contributed by atoms with Gasteiger partial charge < -0.3 is 9.84 Å². The van der Waals surface area contributed by atoms with E-state index >= 15 is 0 Å². The molecule has 0 saturated carbocycles. The first-order valence-corrected chi connectivity index (χ1v) is 12.9. The molecule has 1 fully saturated rings. The fraction of sp³-hybridized carbons (Fsp3) is 0.233. The molecule has 1 saturated heterocycles. The first-order chi connectivity index (χ1) is 17.7. The van der Waals surface area contributed by atoms with Crippen molar-refractivity contribution < 1.29 is 19.4 Å². The van der Waals surface area contributed by atoms with Gasteiger partial charge in [0.25, 0.3) is 5.78 Å². The number of hydrogen-bond acceptors (Lipinski definition) is 6. The van der Waals surface area contributed by atoms with Crippen LogP contribution in [0.5, 0.6) is 5.75 Å². The minimum atomic E-state index is -0.825. The number of aromatic nitrogens is 1. The van der Waals surface area contributed by atoms with Gasteiger partial charge >= 0.3 is 5.91 Å². The van der Waals surface area contributed by atoms with Gasteiger partial charge in [0.05, 0.1) is 28.9 Å². The maximum atomic E-state index is 13.5. The average molecular weight is 513 g/mol. The Balaban J connectivity index is 1.73. The molecule has 0 radical (unpaired) electrons. The van der Waals surface area contributed by atoms with E-state index in [4.69, 9.17) is 9.72 Å². The van der Waals surface area contributed by atoms with Gasteiger partial charge in [-0.15, -0.1) is 0 Å². The highest BCUT2D eigenvalue weighted by atomic mass is 32.1. The Morgan fingerprint density at radius 2 is 1.78 bits per heavy atom. The van der Waals surface area contributed by atoms with Gasteiger partial charge in [-0.1, -0.05) is 67.6 Å². The van der Waals surface area contributed by atoms with Gasteiger partial charge in [-0.25, -0.2) is 4.98 Å². The molecular formula is C30H28N2O4S. The van der Waals surface area contributed by atoms with Crippen LogP contribution in [-0.4, -0.2) is 28.9 Å². The second kappa shape index (κ2) is 9.48. The molecule has 5 rings (SSSR count). The SMILES string of the molecule is COc1cccc(C(O)=C2C(=O)C(=O)N(c3nc4c(C)cc(C)cc4s3)[C@H]2c2ccc(C(C)C)cc2)c1. The highest BCUT2D eigenvalue weighted by Crippen LogP contribution is 2.45. The molecule has 0 spiro atoms. The predicted octanol–water partition coefficient (Wildman–Crippen LogP) is 6.67. The number of carbonyl (C=O) groups is 2. The summed E-state index contributed by atoms with van der Waals surface area (Å²) < 4.78 is 6.24. The van der Waals surface area contributed by atoms with E-state index in [-0.39, 0.29) is 11.3 Å². The van der Waals surface area contributed by atoms with Gasteiger partial charge in [0.2, 0.25) is 0 Å². The number of benzene rings is 3. The lowest BCUT2D eigenvalue weighted by atomic mass is 9.93. The molecule has 3 aromatic carbocycles. The summed E-state index contributed by atoms with van der Waals surface area (Å²) in [5.41, 5.74) is 5.19. The number of aryl methyl sites for hydroxylation is 2. The Morgan fingerprint density at radius 3 is 2.46 bits per heavy atom. The van der Waals surface area contributed by atoms with Gasteiger partial charge in [0.15, 0.2) is 5.13 Å². The molecule has 6 nitrogen and oxygen atoms in total. The summed E-state index contributed by atoms with van der Waals surface area (Å²) in [7, 11) is 1.53. The summed E-state index contributed by atoms with van der Waals surface area (Å²) in [6.07, 6.45) is 0. The molecule has 1 aromatic heterocycles. The second-order valence-corrected chi connectivity index (χ2v) is 10.7. The lowest BCUT2D eigenvalue weighted by Crippen LogP contribution is -2.29. The molecule has 0 unspecified atom stereocenters. The van der Waals surface area contributed by atoms with E-state index in [0.717, 1.165) is 32.5 Å². The monoisotopic (exact) mass is 512 g/mol. The highest BCUT2D eigenvalue weighted by Gasteiger charge is 2.48. The minimum Gasteiger partial charge on any atom is -0.507 e. The number of rotatable bonds is 5. The standard InChI is InChI=1S/C30H28N2O4S/c1-16(2)19-9-11-20(12-10-19)26-24(27(33)21-7-6-8-22(15-21)36-5)28(34)29(35)32(26)30-31-25-18(4)13-17(3)14-23(25)37-30/h6-16,26,33H,1-5H3/t26-/m0/s1. The van der Waals surface area contributed by atoms with Gasteiger partial charge in [-0.05, 0) is 60.2 Å². The number of anilines is 1. The number of aliphatic hydroxyl groups is 1. The first kappa shape index (κ1) is 24.7. The number of hydrogen-bond donors (Lipinski definition) is 1. The van der Waals surface area contributed by atoms with Crippen molar-refractivity contribution in [2.24, 2.45) is 0 Å². The number of Topliss-reactive ketones (excluding diaryl/α,β-unsaturated/α-hetero) is 1. The van der Waals surface area contributed by atoms with E-state index in [1.807, 2.05) is 50.2 Å². The van der Waals surface area contributed by atoms with Crippen molar-refractivity contribution in [3.05, 3.63) is 94.1 Å². The fourth-order valence-corrected chi connectivity index (χ4v) is 5.96. The van der Waals surface area contributed by atoms with Crippen molar-refractivity contribution in [2.75, 3.05) is 12.0 Å². The molecule has 188 valence electrons. The summed E-state index contributed by atoms with van der Waals surface area (Å²) >= 11 is 1.37. The Labute approximate surface area is 219 Å². The van der Waals surface area contributed by atoms with Crippen molar-refractivity contribution in [3.63, 3.8) is 0 Å². The van der Waals surface area contributed by atoms with Crippen LogP contribution in [0.3, 0.4) is 0 Å². The number of nitrogens with zero attached hydrogens (tertiary/aromatic N) is 2. The molecule has 1 atom stereocenters. The van der Waals surface area contributed by atoms with E-state index in [1.165, 1.54) is 23.3 Å². The quantitative estimate of drug-likeness (QED) is 0.183. The van der Waals surface area contributed by atoms with Crippen LogP contribution in [0.2, 0.25) is 0 Å². The third kappa shape index (κ3) is 4.29. The highest BCUT2D eigenvalue weighted by molar-refractivity contribution is 7.22. The molecule has 0 bridgehead atoms. The number of carbonyl (C=O) groups excluding carboxylic acids is 2. The molecule has 1 amide bonds. The van der Waals surface area contributed by atoms with Crippen molar-refractivity contribution in [3.8, 4) is 5.75 Å². The zero-order valence-electron chi connectivity index (χ0n) is 21.4. The zero-order chi connectivity index (χ0) is 26.4. The van der Waals surface area contributed by atoms with Crippen molar-refractivity contribution in [2.45, 2.75) is 39.7 Å². The molecule has 2 heterocycles. The van der Waals surface area contributed by atoms with Gasteiger partial charge in [-0.3, -0.25) is 14.5 Å². The van der Waals surface area contributed by atoms with Crippen molar-refractivity contribution in [1.82, 2.24) is 4.98 Å². The molecule has 0 aliphatic carbocycles. The molecule has 1 aliphatic rings. The Morgan fingerprint density at radius 1 is 1.05 bits per heavy atom. The number of thiazole rings is 1. The predicted molar refractivity (Wildman–Crippen MR) is 147 cm³/mol. The number of ketones is 1. The van der Waals surface area contributed by atoms with Gasteiger partial charge in [-0.2, -0.15) is 0 Å². The van der Waals surface area contributed by atoms with E-state index < -0.39 is 17.7 Å². The third-order valence-electron chi connectivity index (χ3n) is 6.73. The molecule has 7 heteroatoms. The number of aliphatic hydroxyl groups excluding tert-OH is 1. The van der Waals surface area contributed by atoms with Crippen LogP contribution in [0, 0.1) is 13.8 Å². The van der Waals surface area contributed by atoms with Crippen LogP contribution >= 0.6 is 11.3 Å². The molecule has 1 N–H and O–H groups in total. The van der Waals surface area contributed by atoms with Crippen LogP contribution in [0.1, 0.15) is 53.6 Å². The summed E-state index contributed by atoms with van der Waals surface area (Å²) in [6, 6.07) is 17.9. The van der Waals surface area contributed by atoms with Crippen LogP contribution in [0.4, 0.5) is 5.13 Å². The molecule has 1 aliphatic heterocycles. The smallest absolute Gasteiger partial charge is 0.301 e. The van der Waals surface area contributed by atoms with Gasteiger partial charge in [0.1, 0.15) is 11.5 Å². The van der Waals surface area contributed by atoms with Crippen LogP contribution in [-0.2, 0) is 9.59 Å². The second-order valence-electron chi connectivity index (χ2n) is 9.65. The van der Waals surface area contributed by atoms with Crippen LogP contribution < -0.4 is 9.64 Å². The Bertz CT molecular complexity index is 1570. The maximum absolute atomic E-state index is 13.5. The Kier molecular flexibility index (Phi) is 6.33. The molecular weight excluding hydrogens is 484 g/mol. The fourth-order valence-electron chi connectivity index (χ4n) is 4.80. The Hall–Kier alpha value is -3.97. The number of methoxy groups -OCH3 is 1. The van der Waals surface area contributed by atoms with E-state index in [9.17, 15) is 14.7 Å². The summed E-state index contributed by atoms with van der Waals surface area (Å²) in [4.78, 5) is 33.2. The normalized spacial score (nSPS) is 17.2. The van der Waals surface area contributed by atoms with Gasteiger partial charge in [0, 0.05) is 5.56 Å².